The maximum absolute atomic E-state index is 11.4. The average molecular weight is 309 g/mol. The number of hydrogen-bond acceptors (Lipinski definition) is 6. The molecule has 1 atom stereocenters. The van der Waals surface area contributed by atoms with Gasteiger partial charge in [0.2, 0.25) is 5.82 Å². The molecule has 0 aliphatic rings. The first kappa shape index (κ1) is 15.4. The highest BCUT2D eigenvalue weighted by molar-refractivity contribution is 7.11. The van der Waals surface area contributed by atoms with Crippen LogP contribution in [0.1, 0.15) is 48.3 Å². The maximum atomic E-state index is 11.4. The lowest BCUT2D eigenvalue weighted by atomic mass is 10.1. The summed E-state index contributed by atoms with van der Waals surface area (Å²) in [6.07, 6.45) is 1.80. The number of nitrogens with zero attached hydrogens (tertiary/aromatic N) is 4. The molecule has 21 heavy (non-hydrogen) atoms. The predicted molar refractivity (Wildman–Crippen MR) is 82.8 cm³/mol. The van der Waals surface area contributed by atoms with Crippen LogP contribution in [0.25, 0.3) is 0 Å². The molecular formula is C13H19N5O2S. The fourth-order valence-corrected chi connectivity index (χ4v) is 2.88. The maximum Gasteiger partial charge on any atom is 0.334 e. The van der Waals surface area contributed by atoms with Gasteiger partial charge in [0.05, 0.1) is 11.0 Å². The number of nitrogens with one attached hydrogen (secondary N) is 1. The van der Waals surface area contributed by atoms with Crippen molar-refractivity contribution in [2.45, 2.75) is 39.7 Å². The van der Waals surface area contributed by atoms with Crippen molar-refractivity contribution in [3.63, 3.8) is 0 Å². The van der Waals surface area contributed by atoms with Crippen LogP contribution in [-0.2, 0) is 7.05 Å². The minimum absolute atomic E-state index is 0.00966. The number of rotatable bonds is 5. The van der Waals surface area contributed by atoms with E-state index >= 15 is 0 Å². The molecule has 7 nitrogen and oxygen atoms in total. The lowest BCUT2D eigenvalue weighted by molar-refractivity contribution is -0.384. The van der Waals surface area contributed by atoms with Crippen molar-refractivity contribution >= 4 is 22.8 Å². The quantitative estimate of drug-likeness (QED) is 0.676. The SMILES string of the molecule is Cc1cnc(C(C)Nc2c([N+](=O)[O-])c(C(C)C)nn2C)s1. The van der Waals surface area contributed by atoms with Gasteiger partial charge >= 0.3 is 5.69 Å². The molecule has 2 aromatic rings. The third-order valence-corrected chi connectivity index (χ3v) is 4.24. The first-order valence-corrected chi connectivity index (χ1v) is 7.53. The van der Waals surface area contributed by atoms with E-state index < -0.39 is 0 Å². The monoisotopic (exact) mass is 309 g/mol. The summed E-state index contributed by atoms with van der Waals surface area (Å²) in [4.78, 5) is 16.4. The number of nitro groups is 1. The number of aryl methyl sites for hydroxylation is 2. The Morgan fingerprint density at radius 3 is 2.57 bits per heavy atom. The highest BCUT2D eigenvalue weighted by Gasteiger charge is 2.29. The largest absolute Gasteiger partial charge is 0.356 e. The second-order valence-corrected chi connectivity index (χ2v) is 6.56. The lowest BCUT2D eigenvalue weighted by Gasteiger charge is -2.12. The molecule has 0 saturated carbocycles. The van der Waals surface area contributed by atoms with E-state index in [-0.39, 0.29) is 22.6 Å². The van der Waals surface area contributed by atoms with E-state index in [2.05, 4.69) is 15.4 Å². The molecule has 1 unspecified atom stereocenters. The van der Waals surface area contributed by atoms with Gasteiger partial charge in [-0.15, -0.1) is 11.3 Å². The Hall–Kier alpha value is -1.96. The normalized spacial score (nSPS) is 12.7. The second kappa shape index (κ2) is 5.80. The first-order chi connectivity index (χ1) is 9.81. The summed E-state index contributed by atoms with van der Waals surface area (Å²) >= 11 is 1.58. The van der Waals surface area contributed by atoms with Crippen molar-refractivity contribution in [1.29, 1.82) is 0 Å². The van der Waals surface area contributed by atoms with Gasteiger partial charge in [-0.25, -0.2) is 9.67 Å². The molecule has 0 fully saturated rings. The number of aromatic nitrogens is 3. The van der Waals surface area contributed by atoms with E-state index in [4.69, 9.17) is 0 Å². The molecule has 0 bridgehead atoms. The van der Waals surface area contributed by atoms with Crippen LogP contribution in [0.2, 0.25) is 0 Å². The van der Waals surface area contributed by atoms with E-state index in [0.29, 0.717) is 11.5 Å². The Morgan fingerprint density at radius 2 is 2.10 bits per heavy atom. The minimum Gasteiger partial charge on any atom is -0.356 e. The summed E-state index contributed by atoms with van der Waals surface area (Å²) in [5, 5.41) is 19.7. The van der Waals surface area contributed by atoms with E-state index in [1.807, 2.05) is 27.7 Å². The van der Waals surface area contributed by atoms with Crippen molar-refractivity contribution in [2.75, 3.05) is 5.32 Å². The second-order valence-electron chi connectivity index (χ2n) is 5.29. The molecule has 0 aromatic carbocycles. The molecule has 0 aliphatic carbocycles. The average Bonchev–Trinajstić information content (AvgIpc) is 2.94. The molecule has 2 heterocycles. The Morgan fingerprint density at radius 1 is 1.43 bits per heavy atom. The molecule has 0 aliphatic heterocycles. The van der Waals surface area contributed by atoms with Gasteiger partial charge in [0.15, 0.2) is 0 Å². The molecule has 2 rings (SSSR count). The standard InChI is InChI=1S/C13H19N5O2S/c1-7(2)10-11(18(19)20)12(17(5)16-10)15-9(4)13-14-6-8(3)21-13/h6-7,9,15H,1-5H3. The molecule has 0 spiro atoms. The number of hydrogen-bond donors (Lipinski definition) is 1. The summed E-state index contributed by atoms with van der Waals surface area (Å²) in [7, 11) is 1.71. The summed E-state index contributed by atoms with van der Waals surface area (Å²) in [5.41, 5.74) is 0.542. The van der Waals surface area contributed by atoms with Gasteiger partial charge in [-0.2, -0.15) is 5.10 Å². The Bertz CT molecular complexity index is 662. The molecule has 2 aromatic heterocycles. The minimum atomic E-state index is -0.371. The van der Waals surface area contributed by atoms with Gasteiger partial charge in [0.25, 0.3) is 0 Å². The van der Waals surface area contributed by atoms with E-state index in [1.165, 1.54) is 4.68 Å². The van der Waals surface area contributed by atoms with Crippen molar-refractivity contribution in [3.8, 4) is 0 Å². The number of anilines is 1. The first-order valence-electron chi connectivity index (χ1n) is 6.71. The highest BCUT2D eigenvalue weighted by Crippen LogP contribution is 2.35. The van der Waals surface area contributed by atoms with Crippen LogP contribution in [0.3, 0.4) is 0 Å². The van der Waals surface area contributed by atoms with Crippen molar-refractivity contribution in [1.82, 2.24) is 14.8 Å². The van der Waals surface area contributed by atoms with Gasteiger partial charge in [-0.3, -0.25) is 10.1 Å². The molecule has 8 heteroatoms. The summed E-state index contributed by atoms with van der Waals surface area (Å²) < 4.78 is 1.53. The molecule has 114 valence electrons. The van der Waals surface area contributed by atoms with Crippen molar-refractivity contribution in [2.24, 2.45) is 7.05 Å². The van der Waals surface area contributed by atoms with Gasteiger partial charge in [0.1, 0.15) is 10.7 Å². The van der Waals surface area contributed by atoms with Crippen molar-refractivity contribution in [3.05, 3.63) is 31.9 Å². The fourth-order valence-electron chi connectivity index (χ4n) is 2.10. The van der Waals surface area contributed by atoms with Gasteiger partial charge in [-0.05, 0) is 13.8 Å². The molecule has 1 N–H and O–H groups in total. The number of thiazole rings is 1. The Kier molecular flexibility index (Phi) is 4.26. The zero-order valence-corrected chi connectivity index (χ0v) is 13.6. The van der Waals surface area contributed by atoms with Crippen LogP contribution in [0.15, 0.2) is 6.20 Å². The van der Waals surface area contributed by atoms with Crippen LogP contribution in [0.5, 0.6) is 0 Å². The van der Waals surface area contributed by atoms with Crippen LogP contribution >= 0.6 is 11.3 Å². The van der Waals surface area contributed by atoms with E-state index in [1.54, 1.807) is 24.6 Å². The Balaban J connectivity index is 2.37. The van der Waals surface area contributed by atoms with Crippen LogP contribution in [-0.4, -0.2) is 19.7 Å². The predicted octanol–water partition coefficient (Wildman–Crippen LogP) is 3.39. The van der Waals surface area contributed by atoms with Gasteiger partial charge in [-0.1, -0.05) is 13.8 Å². The molecule has 0 radical (unpaired) electrons. The summed E-state index contributed by atoms with van der Waals surface area (Å²) in [6, 6.07) is -0.113. The third-order valence-electron chi connectivity index (χ3n) is 3.14. The van der Waals surface area contributed by atoms with Crippen LogP contribution < -0.4 is 5.32 Å². The fraction of sp³-hybridized carbons (Fsp3) is 0.538. The van der Waals surface area contributed by atoms with Crippen molar-refractivity contribution < 1.29 is 4.92 Å². The lowest BCUT2D eigenvalue weighted by Crippen LogP contribution is -2.11. The molecular weight excluding hydrogens is 290 g/mol. The smallest absolute Gasteiger partial charge is 0.334 e. The molecule has 0 saturated heterocycles. The topological polar surface area (TPSA) is 85.9 Å². The summed E-state index contributed by atoms with van der Waals surface area (Å²) in [5.74, 6) is 0.411. The van der Waals surface area contributed by atoms with Crippen LogP contribution in [0.4, 0.5) is 11.5 Å². The summed E-state index contributed by atoms with van der Waals surface area (Å²) in [6.45, 7) is 7.71. The highest BCUT2D eigenvalue weighted by atomic mass is 32.1. The van der Waals surface area contributed by atoms with Crippen LogP contribution in [0, 0.1) is 17.0 Å². The zero-order chi connectivity index (χ0) is 15.7. The van der Waals surface area contributed by atoms with Gasteiger partial charge in [0, 0.05) is 24.0 Å². The Labute approximate surface area is 127 Å². The van der Waals surface area contributed by atoms with E-state index in [9.17, 15) is 10.1 Å². The van der Waals surface area contributed by atoms with E-state index in [0.717, 1.165) is 9.88 Å². The molecule has 0 amide bonds. The third kappa shape index (κ3) is 3.05. The van der Waals surface area contributed by atoms with Gasteiger partial charge < -0.3 is 5.32 Å². The zero-order valence-electron chi connectivity index (χ0n) is 12.7.